The Bertz CT molecular complexity index is 239. The molecular weight excluding hydrogens is 250 g/mol. The highest BCUT2D eigenvalue weighted by atomic mass is 16.5. The van der Waals surface area contributed by atoms with Crippen molar-refractivity contribution in [3.05, 3.63) is 12.2 Å². The normalized spacial score (nSPS) is 11.1. The second-order valence-electron chi connectivity index (χ2n) is 5.35. The van der Waals surface area contributed by atoms with Gasteiger partial charge in [-0.15, -0.1) is 0 Å². The Morgan fingerprint density at radius 2 is 1.35 bits per heavy atom. The van der Waals surface area contributed by atoms with Gasteiger partial charge >= 0.3 is 5.97 Å². The lowest BCUT2D eigenvalue weighted by Gasteiger charge is -2.01. The number of carbonyl (C=O) groups excluding carboxylic acids is 1. The molecule has 0 aliphatic carbocycles. The molecule has 0 bridgehead atoms. The Morgan fingerprint density at radius 3 is 1.90 bits per heavy atom. The zero-order valence-corrected chi connectivity index (χ0v) is 13.2. The van der Waals surface area contributed by atoms with E-state index in [-0.39, 0.29) is 5.97 Å². The zero-order valence-electron chi connectivity index (χ0n) is 13.2. The summed E-state index contributed by atoms with van der Waals surface area (Å²) in [6, 6.07) is 0. The van der Waals surface area contributed by atoms with Crippen molar-refractivity contribution in [2.75, 3.05) is 13.7 Å². The summed E-state index contributed by atoms with van der Waals surface area (Å²) in [7, 11) is 1.45. The number of carbonyl (C=O) groups is 1. The van der Waals surface area contributed by atoms with Crippen LogP contribution in [0.2, 0.25) is 0 Å². The third-order valence-electron chi connectivity index (χ3n) is 3.47. The molecule has 0 atom stereocenters. The van der Waals surface area contributed by atoms with Gasteiger partial charge in [-0.2, -0.15) is 0 Å². The Kier molecular flexibility index (Phi) is 15.6. The molecule has 3 nitrogen and oxygen atoms in total. The van der Waals surface area contributed by atoms with Gasteiger partial charge in [-0.25, -0.2) is 0 Å². The molecule has 118 valence electrons. The fourth-order valence-electron chi connectivity index (χ4n) is 2.16. The molecule has 20 heavy (non-hydrogen) atoms. The quantitative estimate of drug-likeness (QED) is 0.293. The van der Waals surface area contributed by atoms with Crippen LogP contribution in [-0.4, -0.2) is 19.6 Å². The molecule has 0 unspecified atom stereocenters. The molecule has 0 fully saturated rings. The standard InChI is InChI=1S/C17H33NO2/c1-20-17(19)15-13-11-9-7-5-3-2-4-6-8-10-12-14-16-18/h6,8H,2-5,7,9-16,18H2,1H3. The van der Waals surface area contributed by atoms with E-state index in [1.165, 1.54) is 58.5 Å². The van der Waals surface area contributed by atoms with Crippen LogP contribution in [0.1, 0.15) is 77.0 Å². The minimum atomic E-state index is -0.0803. The van der Waals surface area contributed by atoms with Crippen molar-refractivity contribution < 1.29 is 9.53 Å². The molecule has 0 aliphatic rings. The highest BCUT2D eigenvalue weighted by molar-refractivity contribution is 5.68. The Labute approximate surface area is 125 Å². The first-order chi connectivity index (χ1) is 9.81. The van der Waals surface area contributed by atoms with E-state index in [1.807, 2.05) is 0 Å². The number of hydrogen-bond acceptors (Lipinski definition) is 3. The third-order valence-corrected chi connectivity index (χ3v) is 3.47. The van der Waals surface area contributed by atoms with Crippen LogP contribution >= 0.6 is 0 Å². The van der Waals surface area contributed by atoms with E-state index in [2.05, 4.69) is 16.9 Å². The fraction of sp³-hybridized carbons (Fsp3) is 0.824. The smallest absolute Gasteiger partial charge is 0.305 e. The maximum atomic E-state index is 10.9. The number of methoxy groups -OCH3 is 1. The van der Waals surface area contributed by atoms with Gasteiger partial charge in [-0.3, -0.25) is 4.79 Å². The number of hydrogen-bond donors (Lipinski definition) is 1. The summed E-state index contributed by atoms with van der Waals surface area (Å²) in [6.07, 6.45) is 18.5. The summed E-state index contributed by atoms with van der Waals surface area (Å²) >= 11 is 0. The van der Waals surface area contributed by atoms with Crippen LogP contribution in [0.4, 0.5) is 0 Å². The van der Waals surface area contributed by atoms with Crippen LogP contribution in [0.5, 0.6) is 0 Å². The van der Waals surface area contributed by atoms with Crippen LogP contribution in [0.25, 0.3) is 0 Å². The van der Waals surface area contributed by atoms with Crippen LogP contribution in [-0.2, 0) is 9.53 Å². The van der Waals surface area contributed by atoms with Crippen molar-refractivity contribution >= 4 is 5.97 Å². The molecule has 0 heterocycles. The molecule has 3 heteroatoms. The van der Waals surface area contributed by atoms with E-state index >= 15 is 0 Å². The number of nitrogens with two attached hydrogens (primary N) is 1. The second-order valence-corrected chi connectivity index (χ2v) is 5.35. The van der Waals surface area contributed by atoms with E-state index in [9.17, 15) is 4.79 Å². The summed E-state index contributed by atoms with van der Waals surface area (Å²) in [6.45, 7) is 0.813. The fourth-order valence-corrected chi connectivity index (χ4v) is 2.16. The van der Waals surface area contributed by atoms with Gasteiger partial charge < -0.3 is 10.5 Å². The zero-order chi connectivity index (χ0) is 14.9. The largest absolute Gasteiger partial charge is 0.469 e. The van der Waals surface area contributed by atoms with E-state index in [0.717, 1.165) is 25.8 Å². The highest BCUT2D eigenvalue weighted by Crippen LogP contribution is 2.10. The number of allylic oxidation sites excluding steroid dienone is 2. The SMILES string of the molecule is COC(=O)CCCCCCCCCC=CCCCCN. The van der Waals surface area contributed by atoms with Crippen LogP contribution in [0.15, 0.2) is 12.2 Å². The lowest BCUT2D eigenvalue weighted by atomic mass is 10.1. The van der Waals surface area contributed by atoms with Crippen molar-refractivity contribution in [2.45, 2.75) is 77.0 Å². The molecule has 0 aromatic carbocycles. The van der Waals surface area contributed by atoms with Gasteiger partial charge in [0.2, 0.25) is 0 Å². The van der Waals surface area contributed by atoms with Crippen molar-refractivity contribution in [3.8, 4) is 0 Å². The maximum absolute atomic E-state index is 10.9. The second kappa shape index (κ2) is 16.2. The molecule has 0 spiro atoms. The van der Waals surface area contributed by atoms with Gasteiger partial charge in [-0.1, -0.05) is 44.3 Å². The average Bonchev–Trinajstić information content (AvgIpc) is 2.47. The number of unbranched alkanes of at least 4 members (excludes halogenated alkanes) is 9. The van der Waals surface area contributed by atoms with E-state index < -0.39 is 0 Å². The number of rotatable bonds is 14. The van der Waals surface area contributed by atoms with Crippen molar-refractivity contribution in [1.82, 2.24) is 0 Å². The van der Waals surface area contributed by atoms with Crippen LogP contribution < -0.4 is 5.73 Å². The molecule has 0 saturated carbocycles. The summed E-state index contributed by atoms with van der Waals surface area (Å²) in [5.74, 6) is -0.0803. The van der Waals surface area contributed by atoms with E-state index in [0.29, 0.717) is 6.42 Å². The molecule has 0 aromatic heterocycles. The summed E-state index contributed by atoms with van der Waals surface area (Å²) in [5.41, 5.74) is 5.44. The minimum Gasteiger partial charge on any atom is -0.469 e. The first-order valence-electron chi connectivity index (χ1n) is 8.23. The summed E-state index contributed by atoms with van der Waals surface area (Å²) in [5, 5.41) is 0. The molecule has 2 N–H and O–H groups in total. The molecular formula is C17H33NO2. The van der Waals surface area contributed by atoms with Gasteiger partial charge in [0, 0.05) is 6.42 Å². The molecule has 0 rings (SSSR count). The summed E-state index contributed by atoms with van der Waals surface area (Å²) in [4.78, 5) is 10.9. The minimum absolute atomic E-state index is 0.0803. The van der Waals surface area contributed by atoms with Gasteiger partial charge in [0.05, 0.1) is 7.11 Å². The van der Waals surface area contributed by atoms with Gasteiger partial charge in [0.25, 0.3) is 0 Å². The first-order valence-corrected chi connectivity index (χ1v) is 8.23. The summed E-state index contributed by atoms with van der Waals surface area (Å²) < 4.78 is 4.61. The number of ether oxygens (including phenoxy) is 1. The Morgan fingerprint density at radius 1 is 0.850 bits per heavy atom. The van der Waals surface area contributed by atoms with Crippen LogP contribution in [0.3, 0.4) is 0 Å². The average molecular weight is 283 g/mol. The maximum Gasteiger partial charge on any atom is 0.305 e. The Hall–Kier alpha value is -0.830. The number of esters is 1. The lowest BCUT2D eigenvalue weighted by Crippen LogP contribution is -1.99. The lowest BCUT2D eigenvalue weighted by molar-refractivity contribution is -0.140. The predicted octanol–water partition coefficient (Wildman–Crippen LogP) is 4.36. The van der Waals surface area contributed by atoms with Gasteiger partial charge in [0.15, 0.2) is 0 Å². The molecule has 0 radical (unpaired) electrons. The van der Waals surface area contributed by atoms with Gasteiger partial charge in [0.1, 0.15) is 0 Å². The van der Waals surface area contributed by atoms with Gasteiger partial charge in [-0.05, 0) is 45.1 Å². The molecule has 0 aromatic rings. The van der Waals surface area contributed by atoms with E-state index in [4.69, 9.17) is 5.73 Å². The van der Waals surface area contributed by atoms with Crippen LogP contribution in [0, 0.1) is 0 Å². The molecule has 0 aliphatic heterocycles. The Balaban J connectivity index is 3.07. The monoisotopic (exact) mass is 283 g/mol. The van der Waals surface area contributed by atoms with E-state index in [1.54, 1.807) is 0 Å². The predicted molar refractivity (Wildman–Crippen MR) is 85.6 cm³/mol. The van der Waals surface area contributed by atoms with Crippen molar-refractivity contribution in [1.29, 1.82) is 0 Å². The van der Waals surface area contributed by atoms with Crippen molar-refractivity contribution in [3.63, 3.8) is 0 Å². The van der Waals surface area contributed by atoms with Crippen molar-refractivity contribution in [2.24, 2.45) is 5.73 Å². The first kappa shape index (κ1) is 19.2. The molecule has 0 saturated heterocycles. The topological polar surface area (TPSA) is 52.3 Å². The third kappa shape index (κ3) is 15.2. The highest BCUT2D eigenvalue weighted by Gasteiger charge is 1.98. The molecule has 0 amide bonds.